The van der Waals surface area contributed by atoms with E-state index in [1.807, 2.05) is 6.07 Å². The van der Waals surface area contributed by atoms with Gasteiger partial charge in [0.15, 0.2) is 18.0 Å². The van der Waals surface area contributed by atoms with E-state index < -0.39 is 5.97 Å². The highest BCUT2D eigenvalue weighted by molar-refractivity contribution is 7.14. The number of ether oxygens (including phenoxy) is 3. The zero-order valence-corrected chi connectivity index (χ0v) is 17.1. The monoisotopic (exact) mass is 419 g/mol. The first-order valence-electron chi connectivity index (χ1n) is 9.63. The number of fused-ring (bicyclic) bond motifs is 1. The summed E-state index contributed by atoms with van der Waals surface area (Å²) in [4.78, 5) is 26.9. The van der Waals surface area contributed by atoms with Crippen molar-refractivity contribution in [2.75, 3.05) is 51.9 Å². The second-order valence-electron chi connectivity index (χ2n) is 7.24. The molecule has 0 atom stereocenters. The highest BCUT2D eigenvalue weighted by Gasteiger charge is 2.26. The summed E-state index contributed by atoms with van der Waals surface area (Å²) in [6.45, 7) is 5.50. The molecule has 0 saturated carbocycles. The van der Waals surface area contributed by atoms with Crippen molar-refractivity contribution in [3.63, 3.8) is 0 Å². The summed E-state index contributed by atoms with van der Waals surface area (Å²) in [5.41, 5.74) is 1.64. The molecule has 1 fully saturated rings. The van der Waals surface area contributed by atoms with Gasteiger partial charge in [-0.1, -0.05) is 0 Å². The van der Waals surface area contributed by atoms with Crippen LogP contribution < -0.4 is 24.6 Å². The summed E-state index contributed by atoms with van der Waals surface area (Å²) in [5, 5.41) is 5.17. The third kappa shape index (κ3) is 4.69. The lowest BCUT2D eigenvalue weighted by Crippen LogP contribution is -3.28. The van der Waals surface area contributed by atoms with Gasteiger partial charge in [-0.05, 0) is 29.6 Å². The number of esters is 1. The average molecular weight is 420 g/mol. The van der Waals surface area contributed by atoms with Crippen molar-refractivity contribution in [3.05, 3.63) is 40.8 Å². The normalized spacial score (nSPS) is 20.3. The Balaban J connectivity index is 1.24. The van der Waals surface area contributed by atoms with Crippen molar-refractivity contribution < 1.29 is 33.6 Å². The zero-order valence-electron chi connectivity index (χ0n) is 16.3. The molecule has 1 saturated heterocycles. The predicted molar refractivity (Wildman–Crippen MR) is 107 cm³/mol. The molecule has 3 N–H and O–H groups in total. The van der Waals surface area contributed by atoms with Gasteiger partial charge in [-0.25, -0.2) is 4.79 Å². The molecule has 0 spiro atoms. The molecule has 9 heteroatoms. The lowest BCUT2D eigenvalue weighted by molar-refractivity contribution is -1.02. The van der Waals surface area contributed by atoms with Gasteiger partial charge in [0.1, 0.15) is 37.7 Å². The number of nitrogens with one attached hydrogen (secondary N) is 3. The van der Waals surface area contributed by atoms with Crippen LogP contribution in [-0.4, -0.2) is 58.5 Å². The molecule has 0 bridgehead atoms. The highest BCUT2D eigenvalue weighted by atomic mass is 32.1. The minimum absolute atomic E-state index is 0.0770. The molecule has 0 unspecified atom stereocenters. The summed E-state index contributed by atoms with van der Waals surface area (Å²) >= 11 is 1.33. The first-order chi connectivity index (χ1) is 14.1. The summed E-state index contributed by atoms with van der Waals surface area (Å²) in [7, 11) is 1.33. The van der Waals surface area contributed by atoms with Crippen LogP contribution in [-0.2, 0) is 16.1 Å². The number of methoxy groups -OCH3 is 1. The molecule has 1 aromatic heterocycles. The fraction of sp³-hybridized carbons (Fsp3) is 0.400. The number of carbonyl (C=O) groups is 2. The highest BCUT2D eigenvalue weighted by Crippen LogP contribution is 2.32. The Morgan fingerprint density at radius 2 is 1.86 bits per heavy atom. The van der Waals surface area contributed by atoms with Crippen LogP contribution in [0.3, 0.4) is 0 Å². The van der Waals surface area contributed by atoms with Crippen LogP contribution in [0.2, 0.25) is 0 Å². The van der Waals surface area contributed by atoms with E-state index in [-0.39, 0.29) is 5.91 Å². The Kier molecular flexibility index (Phi) is 5.98. The molecule has 2 aliphatic rings. The van der Waals surface area contributed by atoms with Crippen LogP contribution in [0.25, 0.3) is 0 Å². The van der Waals surface area contributed by atoms with Crippen molar-refractivity contribution in [1.82, 2.24) is 0 Å². The van der Waals surface area contributed by atoms with Crippen LogP contribution in [0.4, 0.5) is 5.00 Å². The van der Waals surface area contributed by atoms with Crippen LogP contribution in [0.1, 0.15) is 15.9 Å². The van der Waals surface area contributed by atoms with E-state index in [0.29, 0.717) is 23.9 Å². The van der Waals surface area contributed by atoms with Gasteiger partial charge in [0, 0.05) is 5.56 Å². The Hall–Kier alpha value is -2.62. The number of amides is 1. The molecule has 0 aliphatic carbocycles. The smallest absolute Gasteiger partial charge is 0.340 e. The van der Waals surface area contributed by atoms with Crippen LogP contribution in [0, 0.1) is 0 Å². The molecular formula is C20H25N3O5S+2. The molecule has 154 valence electrons. The third-order valence-electron chi connectivity index (χ3n) is 5.29. The minimum atomic E-state index is -0.436. The fourth-order valence-electron chi connectivity index (χ4n) is 3.72. The molecular weight excluding hydrogens is 394 g/mol. The second kappa shape index (κ2) is 8.81. The molecule has 1 amide bonds. The van der Waals surface area contributed by atoms with E-state index in [9.17, 15) is 9.59 Å². The first-order valence-corrected chi connectivity index (χ1v) is 10.5. The lowest BCUT2D eigenvalue weighted by atomic mass is 10.1. The third-order valence-corrected chi connectivity index (χ3v) is 6.12. The standard InChI is InChI=1S/C20H23N3O5S/c1-26-20(25)15-4-9-29-19(15)21-18(24)12-23-7-5-22(6-8-23)11-14-2-3-16-17(10-14)28-13-27-16/h2-4,9-10H,5-8,11-13H2,1H3,(H,21,24)/p+2. The molecule has 0 radical (unpaired) electrons. The zero-order chi connectivity index (χ0) is 20.2. The van der Waals surface area contributed by atoms with Gasteiger partial charge < -0.3 is 29.3 Å². The topological polar surface area (TPSA) is 82.7 Å². The van der Waals surface area contributed by atoms with Gasteiger partial charge in [-0.15, -0.1) is 11.3 Å². The Morgan fingerprint density at radius 3 is 2.66 bits per heavy atom. The van der Waals surface area contributed by atoms with E-state index in [2.05, 4.69) is 17.4 Å². The van der Waals surface area contributed by atoms with Gasteiger partial charge in [0.2, 0.25) is 6.79 Å². The van der Waals surface area contributed by atoms with Crippen LogP contribution >= 0.6 is 11.3 Å². The Bertz CT molecular complexity index is 892. The number of carbonyl (C=O) groups excluding carboxylic acids is 2. The maximum Gasteiger partial charge on any atom is 0.340 e. The molecule has 8 nitrogen and oxygen atoms in total. The number of hydrogen-bond donors (Lipinski definition) is 3. The molecule has 2 aromatic rings. The fourth-order valence-corrected chi connectivity index (χ4v) is 4.52. The van der Waals surface area contributed by atoms with Gasteiger partial charge >= 0.3 is 5.97 Å². The van der Waals surface area contributed by atoms with E-state index in [1.54, 1.807) is 11.4 Å². The average Bonchev–Trinajstić information content (AvgIpc) is 3.37. The lowest BCUT2D eigenvalue weighted by Gasteiger charge is -2.29. The predicted octanol–water partition coefficient (Wildman–Crippen LogP) is -0.814. The first kappa shape index (κ1) is 19.7. The van der Waals surface area contributed by atoms with E-state index in [4.69, 9.17) is 14.2 Å². The van der Waals surface area contributed by atoms with E-state index in [0.717, 1.165) is 44.2 Å². The van der Waals surface area contributed by atoms with Crippen molar-refractivity contribution in [2.24, 2.45) is 0 Å². The summed E-state index contributed by atoms with van der Waals surface area (Å²) in [6, 6.07) is 7.78. The summed E-state index contributed by atoms with van der Waals surface area (Å²) < 4.78 is 15.6. The van der Waals surface area contributed by atoms with Gasteiger partial charge in [-0.2, -0.15) is 0 Å². The van der Waals surface area contributed by atoms with Crippen molar-refractivity contribution in [3.8, 4) is 11.5 Å². The van der Waals surface area contributed by atoms with Crippen LogP contribution in [0.15, 0.2) is 29.6 Å². The van der Waals surface area contributed by atoms with Gasteiger partial charge in [-0.3, -0.25) is 4.79 Å². The summed E-state index contributed by atoms with van der Waals surface area (Å²) in [5.74, 6) is 1.12. The van der Waals surface area contributed by atoms with Gasteiger partial charge in [0.25, 0.3) is 5.91 Å². The number of piperazine rings is 1. The van der Waals surface area contributed by atoms with Crippen LogP contribution in [0.5, 0.6) is 11.5 Å². The largest absolute Gasteiger partial charge is 0.465 e. The molecule has 1 aromatic carbocycles. The van der Waals surface area contributed by atoms with E-state index >= 15 is 0 Å². The molecule has 4 rings (SSSR count). The number of quaternary nitrogens is 2. The van der Waals surface area contributed by atoms with Crippen molar-refractivity contribution in [1.29, 1.82) is 0 Å². The van der Waals surface area contributed by atoms with Crippen molar-refractivity contribution >= 4 is 28.2 Å². The number of thiophene rings is 1. The number of rotatable bonds is 6. The minimum Gasteiger partial charge on any atom is -0.465 e. The number of benzene rings is 1. The van der Waals surface area contributed by atoms with Gasteiger partial charge in [0.05, 0.1) is 12.7 Å². The van der Waals surface area contributed by atoms with E-state index in [1.165, 1.54) is 33.8 Å². The maximum absolute atomic E-state index is 12.4. The quantitative estimate of drug-likeness (QED) is 0.534. The SMILES string of the molecule is COC(=O)c1ccsc1NC(=O)C[NH+]1CC[NH+](Cc2ccc3c(c2)OCO3)CC1. The van der Waals surface area contributed by atoms with Crippen molar-refractivity contribution in [2.45, 2.75) is 6.54 Å². The Morgan fingerprint density at radius 1 is 1.10 bits per heavy atom. The number of anilines is 1. The molecule has 3 heterocycles. The summed E-state index contributed by atoms with van der Waals surface area (Å²) in [6.07, 6.45) is 0. The molecule has 2 aliphatic heterocycles. The number of hydrogen-bond acceptors (Lipinski definition) is 6. The Labute approximate surface area is 172 Å². The molecule has 29 heavy (non-hydrogen) atoms. The maximum atomic E-state index is 12.4. The second-order valence-corrected chi connectivity index (χ2v) is 8.16.